The molecule has 1 aromatic carbocycles. The number of para-hydroxylation sites is 1. The van der Waals surface area contributed by atoms with Crippen molar-refractivity contribution < 1.29 is 19.1 Å². The van der Waals surface area contributed by atoms with Crippen LogP contribution in [-0.4, -0.2) is 47.6 Å². The van der Waals surface area contributed by atoms with Gasteiger partial charge in [0.15, 0.2) is 0 Å². The number of imide groups is 1. The molecular formula is C13H16N4O4. The van der Waals surface area contributed by atoms with Gasteiger partial charge >= 0.3 is 12.0 Å². The zero-order valence-electron chi connectivity index (χ0n) is 11.9. The standard InChI is InChI=1S/C13H16N4O4/c1-13(10(18)15-16(2)3)11(19)17(12(20)21-13)14-9-7-5-4-6-8-9/h4-8,14H,1-3H3,(H,15,18). The number of amides is 3. The molecule has 0 spiro atoms. The van der Waals surface area contributed by atoms with Gasteiger partial charge in [-0.2, -0.15) is 0 Å². The summed E-state index contributed by atoms with van der Waals surface area (Å²) in [5.41, 5.74) is 3.65. The number of carbonyl (C=O) groups is 3. The lowest BCUT2D eigenvalue weighted by Crippen LogP contribution is -2.54. The smallest absolute Gasteiger partial charge is 0.421 e. The average Bonchev–Trinajstić information content (AvgIpc) is 2.64. The molecule has 1 aromatic rings. The maximum Gasteiger partial charge on any atom is 0.437 e. The number of hydrogen-bond acceptors (Lipinski definition) is 6. The number of nitrogens with zero attached hydrogens (tertiary/aromatic N) is 2. The third kappa shape index (κ3) is 2.79. The molecule has 1 unspecified atom stereocenters. The molecule has 0 aromatic heterocycles. The van der Waals surface area contributed by atoms with Crippen LogP contribution in [0.5, 0.6) is 0 Å². The van der Waals surface area contributed by atoms with Gasteiger partial charge < -0.3 is 4.74 Å². The summed E-state index contributed by atoms with van der Waals surface area (Å²) in [5.74, 6) is -1.50. The quantitative estimate of drug-likeness (QED) is 0.614. The van der Waals surface area contributed by atoms with Crippen molar-refractivity contribution in [2.75, 3.05) is 19.5 Å². The van der Waals surface area contributed by atoms with Gasteiger partial charge in [0.25, 0.3) is 11.5 Å². The molecule has 1 atom stereocenters. The SMILES string of the molecule is CN(C)NC(=O)C1(C)OC(=O)N(Nc2ccccc2)C1=O. The molecule has 2 rings (SSSR count). The van der Waals surface area contributed by atoms with Crippen LogP contribution >= 0.6 is 0 Å². The number of hydrogen-bond donors (Lipinski definition) is 2. The Morgan fingerprint density at radius 1 is 1.24 bits per heavy atom. The van der Waals surface area contributed by atoms with E-state index in [4.69, 9.17) is 4.74 Å². The van der Waals surface area contributed by atoms with Crippen LogP contribution in [-0.2, 0) is 14.3 Å². The lowest BCUT2D eigenvalue weighted by Gasteiger charge is -2.21. The number of nitrogens with one attached hydrogen (secondary N) is 2. The fourth-order valence-corrected chi connectivity index (χ4v) is 1.75. The van der Waals surface area contributed by atoms with E-state index in [0.29, 0.717) is 10.7 Å². The van der Waals surface area contributed by atoms with E-state index >= 15 is 0 Å². The molecule has 0 bridgehead atoms. The molecule has 0 aliphatic carbocycles. The normalized spacial score (nSPS) is 21.4. The molecule has 1 saturated heterocycles. The van der Waals surface area contributed by atoms with Crippen LogP contribution in [0.2, 0.25) is 0 Å². The van der Waals surface area contributed by atoms with E-state index in [-0.39, 0.29) is 0 Å². The minimum absolute atomic E-state index is 0.528. The first-order chi connectivity index (χ1) is 9.84. The van der Waals surface area contributed by atoms with E-state index in [1.165, 1.54) is 11.9 Å². The highest BCUT2D eigenvalue weighted by molar-refractivity contribution is 6.16. The second-order valence-electron chi connectivity index (χ2n) is 4.85. The lowest BCUT2D eigenvalue weighted by atomic mass is 10.1. The first kappa shape index (κ1) is 14.8. The van der Waals surface area contributed by atoms with Crippen LogP contribution in [0.3, 0.4) is 0 Å². The van der Waals surface area contributed by atoms with Crippen molar-refractivity contribution in [1.29, 1.82) is 0 Å². The number of carbonyl (C=O) groups excluding carboxylic acids is 3. The third-order valence-electron chi connectivity index (χ3n) is 2.86. The summed E-state index contributed by atoms with van der Waals surface area (Å²) in [6.07, 6.45) is -0.930. The molecular weight excluding hydrogens is 276 g/mol. The fourth-order valence-electron chi connectivity index (χ4n) is 1.75. The molecule has 2 N–H and O–H groups in total. The van der Waals surface area contributed by atoms with Crippen molar-refractivity contribution >= 4 is 23.6 Å². The van der Waals surface area contributed by atoms with Gasteiger partial charge in [-0.1, -0.05) is 18.2 Å². The van der Waals surface area contributed by atoms with Crippen LogP contribution in [0.1, 0.15) is 6.92 Å². The second-order valence-corrected chi connectivity index (χ2v) is 4.85. The Labute approximate surface area is 121 Å². The zero-order chi connectivity index (χ0) is 15.6. The molecule has 112 valence electrons. The van der Waals surface area contributed by atoms with Gasteiger partial charge in [-0.05, 0) is 19.1 Å². The van der Waals surface area contributed by atoms with Gasteiger partial charge in [0.1, 0.15) is 0 Å². The molecule has 1 fully saturated rings. The molecule has 0 radical (unpaired) electrons. The van der Waals surface area contributed by atoms with Crippen molar-refractivity contribution in [2.45, 2.75) is 12.5 Å². The van der Waals surface area contributed by atoms with E-state index < -0.39 is 23.5 Å². The molecule has 1 aliphatic heterocycles. The van der Waals surface area contributed by atoms with E-state index in [1.807, 2.05) is 0 Å². The van der Waals surface area contributed by atoms with Gasteiger partial charge in [0.2, 0.25) is 0 Å². The van der Waals surface area contributed by atoms with E-state index in [0.717, 1.165) is 0 Å². The van der Waals surface area contributed by atoms with Crippen molar-refractivity contribution in [3.63, 3.8) is 0 Å². The topological polar surface area (TPSA) is 91.0 Å². The first-order valence-corrected chi connectivity index (χ1v) is 6.22. The highest BCUT2D eigenvalue weighted by Crippen LogP contribution is 2.25. The van der Waals surface area contributed by atoms with Gasteiger partial charge in [-0.3, -0.25) is 20.4 Å². The van der Waals surface area contributed by atoms with E-state index in [9.17, 15) is 14.4 Å². The largest absolute Gasteiger partial charge is 0.437 e. The Kier molecular flexibility index (Phi) is 3.81. The number of cyclic esters (lactones) is 1. The zero-order valence-corrected chi connectivity index (χ0v) is 11.9. The summed E-state index contributed by atoms with van der Waals surface area (Å²) in [7, 11) is 3.17. The number of rotatable bonds is 4. The molecule has 1 aliphatic rings. The van der Waals surface area contributed by atoms with Crippen LogP contribution < -0.4 is 10.9 Å². The Morgan fingerprint density at radius 2 is 1.86 bits per heavy atom. The molecule has 8 nitrogen and oxygen atoms in total. The minimum atomic E-state index is -1.90. The van der Waals surface area contributed by atoms with Gasteiger partial charge in [-0.25, -0.2) is 9.80 Å². The summed E-state index contributed by atoms with van der Waals surface area (Å²) in [6, 6.07) is 8.63. The molecule has 8 heteroatoms. The van der Waals surface area contributed by atoms with Crippen molar-refractivity contribution in [3.05, 3.63) is 30.3 Å². The summed E-state index contributed by atoms with van der Waals surface area (Å²) < 4.78 is 4.94. The van der Waals surface area contributed by atoms with Gasteiger partial charge in [0, 0.05) is 14.1 Å². The summed E-state index contributed by atoms with van der Waals surface area (Å²) in [6.45, 7) is 1.25. The summed E-state index contributed by atoms with van der Waals surface area (Å²) in [5, 5.41) is 2.05. The number of benzene rings is 1. The summed E-state index contributed by atoms with van der Waals surface area (Å²) in [4.78, 5) is 36.2. The van der Waals surface area contributed by atoms with Crippen LogP contribution in [0.15, 0.2) is 30.3 Å². The number of ether oxygens (including phenoxy) is 1. The van der Waals surface area contributed by atoms with Crippen LogP contribution in [0, 0.1) is 0 Å². The van der Waals surface area contributed by atoms with E-state index in [2.05, 4.69) is 10.9 Å². The Balaban J connectivity index is 2.18. The Hall–Kier alpha value is -2.61. The molecule has 21 heavy (non-hydrogen) atoms. The van der Waals surface area contributed by atoms with E-state index in [1.54, 1.807) is 44.4 Å². The Morgan fingerprint density at radius 3 is 2.43 bits per heavy atom. The van der Waals surface area contributed by atoms with Gasteiger partial charge in [0.05, 0.1) is 5.69 Å². The lowest BCUT2D eigenvalue weighted by molar-refractivity contribution is -0.150. The summed E-state index contributed by atoms with van der Waals surface area (Å²) >= 11 is 0. The highest BCUT2D eigenvalue weighted by Gasteiger charge is 2.56. The monoisotopic (exact) mass is 292 g/mol. The number of anilines is 1. The van der Waals surface area contributed by atoms with Crippen LogP contribution in [0.25, 0.3) is 0 Å². The Bertz CT molecular complexity index is 575. The number of hydrazine groups is 2. The second kappa shape index (κ2) is 5.41. The third-order valence-corrected chi connectivity index (χ3v) is 2.86. The molecule has 1 heterocycles. The van der Waals surface area contributed by atoms with Gasteiger partial charge in [-0.15, -0.1) is 5.01 Å². The molecule has 0 saturated carbocycles. The highest BCUT2D eigenvalue weighted by atomic mass is 16.6. The molecule has 3 amide bonds. The van der Waals surface area contributed by atoms with Crippen LogP contribution in [0.4, 0.5) is 10.5 Å². The predicted molar refractivity (Wildman–Crippen MR) is 73.6 cm³/mol. The van der Waals surface area contributed by atoms with Crippen molar-refractivity contribution in [2.24, 2.45) is 0 Å². The minimum Gasteiger partial charge on any atom is -0.421 e. The van der Waals surface area contributed by atoms with Crippen molar-refractivity contribution in [1.82, 2.24) is 15.4 Å². The average molecular weight is 292 g/mol. The predicted octanol–water partition coefficient (Wildman–Crippen LogP) is 0.344. The maximum absolute atomic E-state index is 12.3. The first-order valence-electron chi connectivity index (χ1n) is 6.22. The maximum atomic E-state index is 12.3. The van der Waals surface area contributed by atoms with Crippen molar-refractivity contribution in [3.8, 4) is 0 Å². The fraction of sp³-hybridized carbons (Fsp3) is 0.308.